The number of hydrogen-bond donors (Lipinski definition) is 1. The van der Waals surface area contributed by atoms with Gasteiger partial charge in [-0.3, -0.25) is 4.79 Å². The molecule has 1 saturated heterocycles. The van der Waals surface area contributed by atoms with Crippen molar-refractivity contribution in [3.05, 3.63) is 11.8 Å². The van der Waals surface area contributed by atoms with E-state index in [0.29, 0.717) is 16.6 Å². The van der Waals surface area contributed by atoms with Gasteiger partial charge in [0.05, 0.1) is 7.11 Å². The Kier molecular flexibility index (Phi) is 3.95. The summed E-state index contributed by atoms with van der Waals surface area (Å²) >= 11 is 0. The lowest BCUT2D eigenvalue weighted by Crippen LogP contribution is -2.38. The first-order valence-electron chi connectivity index (χ1n) is 5.90. The number of hydrogen-bond acceptors (Lipinski definition) is 5. The number of halogens is 1. The average molecular weight is 306 g/mol. The lowest BCUT2D eigenvalue weighted by Gasteiger charge is -2.11. The van der Waals surface area contributed by atoms with Crippen molar-refractivity contribution in [2.24, 2.45) is 7.05 Å². The van der Waals surface area contributed by atoms with Gasteiger partial charge in [-0.1, -0.05) is 3.89 Å². The molecule has 1 unspecified atom stereocenters. The fraction of sp³-hybridized carbons (Fsp3) is 0.600. The first-order valence-corrected chi connectivity index (χ1v) is 7.24. The molecule has 1 atom stereocenters. The van der Waals surface area contributed by atoms with Crippen LogP contribution >= 0.6 is 0 Å². The van der Waals surface area contributed by atoms with Crippen molar-refractivity contribution in [1.82, 2.24) is 19.4 Å². The quantitative estimate of drug-likeness (QED) is 0.753. The van der Waals surface area contributed by atoms with E-state index < -0.39 is 22.4 Å². The first kappa shape index (κ1) is 14.7. The highest BCUT2D eigenvalue weighted by atomic mass is 32.3. The molecule has 0 bridgehead atoms. The van der Waals surface area contributed by atoms with Crippen LogP contribution in [0, 0.1) is 0 Å². The van der Waals surface area contributed by atoms with Gasteiger partial charge in [0.15, 0.2) is 5.69 Å². The van der Waals surface area contributed by atoms with Crippen molar-refractivity contribution < 1.29 is 21.8 Å². The molecule has 0 aromatic carbocycles. The van der Waals surface area contributed by atoms with Crippen LogP contribution in [0.2, 0.25) is 0 Å². The lowest BCUT2D eigenvalue weighted by atomic mass is 10.2. The third-order valence-electron chi connectivity index (χ3n) is 3.07. The van der Waals surface area contributed by atoms with E-state index in [2.05, 4.69) is 10.4 Å². The normalized spacial score (nSPS) is 20.1. The van der Waals surface area contributed by atoms with Crippen molar-refractivity contribution in [3.8, 4) is 5.88 Å². The predicted molar refractivity (Wildman–Crippen MR) is 67.2 cm³/mol. The largest absolute Gasteiger partial charge is 0.481 e. The maximum Gasteiger partial charge on any atom is 0.374 e. The minimum absolute atomic E-state index is 0.0509. The predicted octanol–water partition coefficient (Wildman–Crippen LogP) is -0.553. The third-order valence-corrected chi connectivity index (χ3v) is 4.02. The van der Waals surface area contributed by atoms with Gasteiger partial charge < -0.3 is 10.1 Å². The van der Waals surface area contributed by atoms with Crippen LogP contribution < -0.4 is 10.1 Å². The van der Waals surface area contributed by atoms with Crippen LogP contribution in [0.25, 0.3) is 0 Å². The van der Waals surface area contributed by atoms with E-state index in [4.69, 9.17) is 4.74 Å². The van der Waals surface area contributed by atoms with Crippen LogP contribution in [-0.4, -0.2) is 54.7 Å². The molecule has 10 heteroatoms. The monoisotopic (exact) mass is 306 g/mol. The number of carbonyl (C=O) groups is 1. The molecule has 1 N–H and O–H groups in total. The minimum atomic E-state index is -4.70. The molecule has 112 valence electrons. The number of carbonyl (C=O) groups excluding carboxylic acids is 1. The summed E-state index contributed by atoms with van der Waals surface area (Å²) in [6.07, 6.45) is 0.360. The van der Waals surface area contributed by atoms with Crippen molar-refractivity contribution in [2.75, 3.05) is 20.2 Å². The Labute approximate surface area is 115 Å². The molecule has 0 saturated carbocycles. The average Bonchev–Trinajstić information content (AvgIpc) is 2.95. The third kappa shape index (κ3) is 3.07. The number of nitrogens with zero attached hydrogens (tertiary/aromatic N) is 3. The van der Waals surface area contributed by atoms with Gasteiger partial charge in [-0.25, -0.2) is 4.68 Å². The molecule has 0 spiro atoms. The topological polar surface area (TPSA) is 93.5 Å². The zero-order valence-corrected chi connectivity index (χ0v) is 11.9. The molecule has 2 heterocycles. The maximum atomic E-state index is 12.8. The number of rotatable bonds is 4. The summed E-state index contributed by atoms with van der Waals surface area (Å²) in [6, 6.07) is 1.04. The summed E-state index contributed by atoms with van der Waals surface area (Å²) in [7, 11) is -1.61. The van der Waals surface area contributed by atoms with Gasteiger partial charge in [-0.05, 0) is 6.42 Å². The van der Waals surface area contributed by atoms with Crippen molar-refractivity contribution in [3.63, 3.8) is 0 Å². The SMILES string of the molecule is COc1cc(C(=O)NC2CCN(S(=O)(=O)F)C2)nn1C. The van der Waals surface area contributed by atoms with Crippen LogP contribution in [0.15, 0.2) is 6.07 Å². The van der Waals surface area contributed by atoms with Gasteiger partial charge in [0.2, 0.25) is 5.88 Å². The zero-order chi connectivity index (χ0) is 14.9. The van der Waals surface area contributed by atoms with Crippen molar-refractivity contribution in [1.29, 1.82) is 0 Å². The van der Waals surface area contributed by atoms with Gasteiger partial charge in [-0.2, -0.15) is 17.8 Å². The van der Waals surface area contributed by atoms with E-state index in [-0.39, 0.29) is 18.8 Å². The van der Waals surface area contributed by atoms with E-state index in [1.807, 2.05) is 0 Å². The Bertz CT molecular complexity index is 615. The second-order valence-corrected chi connectivity index (χ2v) is 5.80. The van der Waals surface area contributed by atoms with E-state index in [1.165, 1.54) is 17.9 Å². The van der Waals surface area contributed by atoms with Gasteiger partial charge in [-0.15, -0.1) is 0 Å². The molecule has 1 aromatic rings. The van der Waals surface area contributed by atoms with Crippen LogP contribution in [0.5, 0.6) is 5.88 Å². The number of ether oxygens (including phenoxy) is 1. The number of aryl methyl sites for hydroxylation is 1. The lowest BCUT2D eigenvalue weighted by molar-refractivity contribution is 0.0933. The number of amides is 1. The number of nitrogens with one attached hydrogen (secondary N) is 1. The van der Waals surface area contributed by atoms with Crippen LogP contribution in [-0.2, 0) is 17.5 Å². The van der Waals surface area contributed by atoms with Gasteiger partial charge in [0.25, 0.3) is 5.91 Å². The molecule has 0 aliphatic carbocycles. The van der Waals surface area contributed by atoms with Gasteiger partial charge in [0.1, 0.15) is 0 Å². The molecule has 1 aliphatic heterocycles. The maximum absolute atomic E-state index is 12.8. The molecular weight excluding hydrogens is 291 g/mol. The van der Waals surface area contributed by atoms with Crippen LogP contribution in [0.4, 0.5) is 3.89 Å². The van der Waals surface area contributed by atoms with E-state index in [9.17, 15) is 17.1 Å². The Hall–Kier alpha value is -1.68. The van der Waals surface area contributed by atoms with Gasteiger partial charge >= 0.3 is 10.4 Å². The Morgan fingerprint density at radius 3 is 2.80 bits per heavy atom. The van der Waals surface area contributed by atoms with Crippen molar-refractivity contribution in [2.45, 2.75) is 12.5 Å². The number of aromatic nitrogens is 2. The molecule has 0 radical (unpaired) electrons. The molecule has 1 aliphatic rings. The fourth-order valence-electron chi connectivity index (χ4n) is 2.06. The fourth-order valence-corrected chi connectivity index (χ4v) is 2.74. The minimum Gasteiger partial charge on any atom is -0.481 e. The molecule has 1 aromatic heterocycles. The molecule has 1 amide bonds. The molecule has 8 nitrogen and oxygen atoms in total. The standard InChI is InChI=1S/C10H15FN4O4S/c1-14-9(19-2)5-8(13-14)10(16)12-7-3-4-15(6-7)20(11,17)18/h5,7H,3-4,6H2,1-2H3,(H,12,16). The summed E-state index contributed by atoms with van der Waals surface area (Å²) in [5, 5.41) is 6.58. The molecular formula is C10H15FN4O4S. The Morgan fingerprint density at radius 1 is 1.60 bits per heavy atom. The van der Waals surface area contributed by atoms with Crippen LogP contribution in [0.3, 0.4) is 0 Å². The summed E-state index contributed by atoms with van der Waals surface area (Å²) in [5.41, 5.74) is 0.158. The zero-order valence-electron chi connectivity index (χ0n) is 11.0. The second-order valence-electron chi connectivity index (χ2n) is 4.45. The highest BCUT2D eigenvalue weighted by molar-refractivity contribution is 7.83. The first-order chi connectivity index (χ1) is 9.31. The smallest absolute Gasteiger partial charge is 0.374 e. The van der Waals surface area contributed by atoms with Crippen molar-refractivity contribution >= 4 is 16.3 Å². The number of methoxy groups -OCH3 is 1. The van der Waals surface area contributed by atoms with Gasteiger partial charge in [0, 0.05) is 32.2 Å². The highest BCUT2D eigenvalue weighted by Crippen LogP contribution is 2.16. The summed E-state index contributed by atoms with van der Waals surface area (Å²) in [6.45, 7) is -0.0239. The molecule has 2 rings (SSSR count). The molecule has 20 heavy (non-hydrogen) atoms. The van der Waals surface area contributed by atoms with E-state index in [0.717, 1.165) is 0 Å². The Balaban J connectivity index is 1.99. The Morgan fingerprint density at radius 2 is 2.30 bits per heavy atom. The second kappa shape index (κ2) is 5.37. The molecule has 1 fully saturated rings. The summed E-state index contributed by atoms with van der Waals surface area (Å²) in [4.78, 5) is 11.9. The van der Waals surface area contributed by atoms with Crippen LogP contribution in [0.1, 0.15) is 16.9 Å². The van der Waals surface area contributed by atoms with E-state index >= 15 is 0 Å². The summed E-state index contributed by atoms with van der Waals surface area (Å²) in [5.74, 6) is -0.0264. The highest BCUT2D eigenvalue weighted by Gasteiger charge is 2.32. The van der Waals surface area contributed by atoms with E-state index in [1.54, 1.807) is 7.05 Å². The summed E-state index contributed by atoms with van der Waals surface area (Å²) < 4.78 is 41.3.